The van der Waals surface area contributed by atoms with Crippen LogP contribution in [0.1, 0.15) is 23.6 Å². The van der Waals surface area contributed by atoms with Crippen molar-refractivity contribution in [1.29, 1.82) is 0 Å². The maximum atomic E-state index is 13.7. The van der Waals surface area contributed by atoms with Crippen molar-refractivity contribution >= 4 is 15.8 Å². The Bertz CT molecular complexity index is 930. The fraction of sp³-hybridized carbons (Fsp3) is 0.350. The minimum absolute atomic E-state index is 0.149. The van der Waals surface area contributed by atoms with Crippen molar-refractivity contribution in [3.05, 3.63) is 65.0 Å². The zero-order valence-corrected chi connectivity index (χ0v) is 17.1. The molecular formula is C20H26FN3O3S. The first kappa shape index (κ1) is 21.7. The molecule has 0 bridgehead atoms. The summed E-state index contributed by atoms with van der Waals surface area (Å²) in [6.45, 7) is 3.24. The van der Waals surface area contributed by atoms with E-state index < -0.39 is 15.7 Å². The highest BCUT2D eigenvalue weighted by Gasteiger charge is 2.11. The molecule has 0 radical (unpaired) electrons. The zero-order valence-electron chi connectivity index (χ0n) is 16.3. The minimum atomic E-state index is -3.23. The largest absolute Gasteiger partial charge is 0.496 e. The van der Waals surface area contributed by atoms with Crippen LogP contribution in [-0.4, -0.2) is 34.3 Å². The average Bonchev–Trinajstić information content (AvgIpc) is 2.65. The Kier molecular flexibility index (Phi) is 7.80. The van der Waals surface area contributed by atoms with E-state index in [0.717, 1.165) is 17.6 Å². The molecule has 0 fully saturated rings. The summed E-state index contributed by atoms with van der Waals surface area (Å²) >= 11 is 0. The molecule has 0 unspecified atom stereocenters. The van der Waals surface area contributed by atoms with Crippen molar-refractivity contribution in [3.63, 3.8) is 0 Å². The van der Waals surface area contributed by atoms with Gasteiger partial charge >= 0.3 is 0 Å². The van der Waals surface area contributed by atoms with Crippen molar-refractivity contribution in [1.82, 2.24) is 10.6 Å². The summed E-state index contributed by atoms with van der Waals surface area (Å²) in [7, 11) is -1.61. The van der Waals surface area contributed by atoms with Gasteiger partial charge in [0.05, 0.1) is 19.4 Å². The van der Waals surface area contributed by atoms with Gasteiger partial charge in [0.2, 0.25) is 0 Å². The first-order chi connectivity index (χ1) is 13.3. The van der Waals surface area contributed by atoms with Crippen LogP contribution in [0, 0.1) is 5.82 Å². The first-order valence-electron chi connectivity index (χ1n) is 8.91. The molecule has 152 valence electrons. The molecule has 0 amide bonds. The highest BCUT2D eigenvalue weighted by atomic mass is 32.2. The van der Waals surface area contributed by atoms with Crippen molar-refractivity contribution in [2.75, 3.05) is 19.9 Å². The van der Waals surface area contributed by atoms with Gasteiger partial charge in [-0.15, -0.1) is 0 Å². The number of ether oxygens (including phenoxy) is 1. The van der Waals surface area contributed by atoms with E-state index in [4.69, 9.17) is 4.74 Å². The van der Waals surface area contributed by atoms with Gasteiger partial charge in [0.25, 0.3) is 0 Å². The number of hydrogen-bond donors (Lipinski definition) is 2. The van der Waals surface area contributed by atoms with Crippen LogP contribution < -0.4 is 15.4 Å². The number of para-hydroxylation sites is 1. The Balaban J connectivity index is 2.17. The number of benzene rings is 2. The lowest BCUT2D eigenvalue weighted by molar-refractivity contribution is 0.409. The molecule has 0 aromatic heterocycles. The van der Waals surface area contributed by atoms with Crippen LogP contribution in [0.3, 0.4) is 0 Å². The van der Waals surface area contributed by atoms with Crippen LogP contribution >= 0.6 is 0 Å². The van der Waals surface area contributed by atoms with Crippen LogP contribution in [0.5, 0.6) is 5.75 Å². The fourth-order valence-corrected chi connectivity index (χ4v) is 3.55. The summed E-state index contributed by atoms with van der Waals surface area (Å²) in [6.07, 6.45) is 1.16. The van der Waals surface area contributed by atoms with E-state index in [1.54, 1.807) is 7.11 Å². The zero-order chi connectivity index (χ0) is 20.6. The SMILES string of the molecule is CCNC(=NCc1cc(F)ccc1CS(C)(=O)=O)NCc1ccccc1OC. The summed E-state index contributed by atoms with van der Waals surface area (Å²) in [5.74, 6) is 0.743. The summed E-state index contributed by atoms with van der Waals surface area (Å²) < 4.78 is 42.3. The van der Waals surface area contributed by atoms with E-state index >= 15 is 0 Å². The van der Waals surface area contributed by atoms with Crippen molar-refractivity contribution in [3.8, 4) is 5.75 Å². The monoisotopic (exact) mass is 407 g/mol. The van der Waals surface area contributed by atoms with Crippen LogP contribution in [0.4, 0.5) is 4.39 Å². The Labute approximate surface area is 165 Å². The number of rotatable bonds is 8. The normalized spacial score (nSPS) is 11.9. The molecule has 8 heteroatoms. The van der Waals surface area contributed by atoms with Crippen LogP contribution in [-0.2, 0) is 28.7 Å². The van der Waals surface area contributed by atoms with Gasteiger partial charge in [0.15, 0.2) is 15.8 Å². The van der Waals surface area contributed by atoms with Crippen molar-refractivity contribution < 1.29 is 17.5 Å². The molecule has 0 aliphatic carbocycles. The van der Waals surface area contributed by atoms with E-state index in [1.807, 2.05) is 31.2 Å². The maximum absolute atomic E-state index is 13.7. The lowest BCUT2D eigenvalue weighted by Crippen LogP contribution is -2.36. The van der Waals surface area contributed by atoms with Gasteiger partial charge in [-0.1, -0.05) is 24.3 Å². The molecule has 0 saturated heterocycles. The number of sulfone groups is 1. The van der Waals surface area contributed by atoms with Gasteiger partial charge < -0.3 is 15.4 Å². The van der Waals surface area contributed by atoms with Crippen LogP contribution in [0.25, 0.3) is 0 Å². The quantitative estimate of drug-likeness (QED) is 0.519. The number of hydrogen-bond acceptors (Lipinski definition) is 4. The Hall–Kier alpha value is -2.61. The van der Waals surface area contributed by atoms with Gasteiger partial charge in [-0.05, 0) is 36.2 Å². The molecule has 0 spiro atoms. The third kappa shape index (κ3) is 6.84. The Morgan fingerprint density at radius 1 is 1.11 bits per heavy atom. The third-order valence-corrected chi connectivity index (χ3v) is 4.81. The predicted molar refractivity (Wildman–Crippen MR) is 110 cm³/mol. The number of nitrogens with one attached hydrogen (secondary N) is 2. The number of halogens is 1. The summed E-state index contributed by atoms with van der Waals surface area (Å²) in [5, 5.41) is 6.34. The molecule has 0 atom stereocenters. The number of aliphatic imine (C=N–C) groups is 1. The van der Waals surface area contributed by atoms with E-state index in [9.17, 15) is 12.8 Å². The molecular weight excluding hydrogens is 381 g/mol. The van der Waals surface area contributed by atoms with E-state index in [-0.39, 0.29) is 12.3 Å². The molecule has 2 aromatic carbocycles. The van der Waals surface area contributed by atoms with Gasteiger partial charge in [0.1, 0.15) is 11.6 Å². The first-order valence-corrected chi connectivity index (χ1v) is 11.0. The predicted octanol–water partition coefficient (Wildman–Crippen LogP) is 2.63. The number of guanidine groups is 1. The number of methoxy groups -OCH3 is 1. The van der Waals surface area contributed by atoms with E-state index in [2.05, 4.69) is 15.6 Å². The topological polar surface area (TPSA) is 79.8 Å². The molecule has 2 aromatic rings. The van der Waals surface area contributed by atoms with E-state index in [1.165, 1.54) is 18.2 Å². The summed E-state index contributed by atoms with van der Waals surface area (Å²) in [4.78, 5) is 4.48. The van der Waals surface area contributed by atoms with Gasteiger partial charge in [-0.3, -0.25) is 0 Å². The Morgan fingerprint density at radius 2 is 1.86 bits per heavy atom. The highest BCUT2D eigenvalue weighted by molar-refractivity contribution is 7.89. The molecule has 2 N–H and O–H groups in total. The second-order valence-electron chi connectivity index (χ2n) is 6.34. The molecule has 6 nitrogen and oxygen atoms in total. The smallest absolute Gasteiger partial charge is 0.191 e. The van der Waals surface area contributed by atoms with Gasteiger partial charge in [-0.25, -0.2) is 17.8 Å². The molecule has 0 heterocycles. The number of nitrogens with zero attached hydrogens (tertiary/aromatic N) is 1. The fourth-order valence-electron chi connectivity index (χ4n) is 2.70. The van der Waals surface area contributed by atoms with Crippen molar-refractivity contribution in [2.45, 2.75) is 25.8 Å². The molecule has 28 heavy (non-hydrogen) atoms. The molecule has 0 aliphatic heterocycles. The second-order valence-corrected chi connectivity index (χ2v) is 8.48. The average molecular weight is 408 g/mol. The molecule has 0 aliphatic rings. The lowest BCUT2D eigenvalue weighted by Gasteiger charge is -2.14. The second kappa shape index (κ2) is 10.1. The lowest BCUT2D eigenvalue weighted by atomic mass is 10.1. The van der Waals surface area contributed by atoms with Gasteiger partial charge in [-0.2, -0.15) is 0 Å². The minimum Gasteiger partial charge on any atom is -0.496 e. The van der Waals surface area contributed by atoms with Crippen molar-refractivity contribution in [2.24, 2.45) is 4.99 Å². The molecule has 2 rings (SSSR count). The third-order valence-electron chi connectivity index (χ3n) is 3.98. The highest BCUT2D eigenvalue weighted by Crippen LogP contribution is 2.17. The maximum Gasteiger partial charge on any atom is 0.191 e. The van der Waals surface area contributed by atoms with Crippen LogP contribution in [0.2, 0.25) is 0 Å². The van der Waals surface area contributed by atoms with Gasteiger partial charge in [0, 0.05) is 24.9 Å². The Morgan fingerprint density at radius 3 is 2.54 bits per heavy atom. The standard InChI is InChI=1S/C20H26FN3O3S/c1-4-22-20(23-12-15-7-5-6-8-19(15)27-2)24-13-17-11-18(21)10-9-16(17)14-28(3,25)26/h5-11H,4,12-14H2,1-3H3,(H2,22,23,24). The van der Waals surface area contributed by atoms with Crippen LogP contribution in [0.15, 0.2) is 47.5 Å². The summed E-state index contributed by atoms with van der Waals surface area (Å²) in [6, 6.07) is 11.7. The van der Waals surface area contributed by atoms with E-state index in [0.29, 0.717) is 30.2 Å². The molecule has 0 saturated carbocycles. The summed E-state index contributed by atoms with van der Waals surface area (Å²) in [5.41, 5.74) is 2.06.